The van der Waals surface area contributed by atoms with Crippen molar-refractivity contribution in [2.24, 2.45) is 11.1 Å². The van der Waals surface area contributed by atoms with E-state index in [9.17, 15) is 8.42 Å². The third kappa shape index (κ3) is 3.66. The fourth-order valence-corrected chi connectivity index (χ4v) is 3.85. The number of hydrogen-bond acceptors (Lipinski definition) is 5. The third-order valence-corrected chi connectivity index (χ3v) is 5.10. The molecule has 6 nitrogen and oxygen atoms in total. The highest BCUT2D eigenvalue weighted by Gasteiger charge is 2.24. The number of nitrogens with zero attached hydrogens (tertiary/aromatic N) is 1. The lowest BCUT2D eigenvalue weighted by Crippen LogP contribution is -2.36. The second-order valence-electron chi connectivity index (χ2n) is 5.67. The van der Waals surface area contributed by atoms with Gasteiger partial charge in [-0.25, -0.2) is 13.6 Å². The minimum absolute atomic E-state index is 0.0850. The molecule has 5 N–H and O–H groups in total. The van der Waals surface area contributed by atoms with E-state index in [-0.39, 0.29) is 11.5 Å². The fourth-order valence-electron chi connectivity index (χ4n) is 3.02. The lowest BCUT2D eigenvalue weighted by atomic mass is 9.94. The van der Waals surface area contributed by atoms with Crippen LogP contribution in [0.2, 0.25) is 0 Å². The molecule has 2 rings (SSSR count). The molecule has 118 valence electrons. The molecule has 0 spiro atoms. The van der Waals surface area contributed by atoms with Gasteiger partial charge in [0, 0.05) is 31.1 Å². The maximum atomic E-state index is 11.7. The Morgan fingerprint density at radius 3 is 2.76 bits per heavy atom. The molecular formula is C14H23N3O3S. The van der Waals surface area contributed by atoms with Crippen molar-refractivity contribution in [2.75, 3.05) is 30.3 Å². The quantitative estimate of drug-likeness (QED) is 0.713. The van der Waals surface area contributed by atoms with Gasteiger partial charge >= 0.3 is 0 Å². The van der Waals surface area contributed by atoms with Crippen molar-refractivity contribution in [3.8, 4) is 0 Å². The Balaban J connectivity index is 2.37. The van der Waals surface area contributed by atoms with Crippen LogP contribution in [-0.4, -0.2) is 33.2 Å². The Hall–Kier alpha value is -1.31. The highest BCUT2D eigenvalue weighted by atomic mass is 32.2. The first-order chi connectivity index (χ1) is 9.82. The highest BCUT2D eigenvalue weighted by molar-refractivity contribution is 7.89. The molecule has 0 amide bonds. The Bertz CT molecular complexity index is 614. The Kier molecular flexibility index (Phi) is 4.75. The standard InChI is InChI=1S/C14H23N3O3S/c1-10-13(7-12(15)8-14(10)21(16,19)20)17-5-2-3-11(9-17)4-6-18/h7-8,11,18H,2-6,9,15H2,1H3,(H2,16,19,20). The lowest BCUT2D eigenvalue weighted by molar-refractivity contribution is 0.244. The number of nitrogens with two attached hydrogens (primary N) is 2. The first kappa shape index (κ1) is 16.1. The van der Waals surface area contributed by atoms with E-state index in [1.54, 1.807) is 13.0 Å². The summed E-state index contributed by atoms with van der Waals surface area (Å²) < 4.78 is 23.4. The van der Waals surface area contributed by atoms with E-state index >= 15 is 0 Å². The van der Waals surface area contributed by atoms with Gasteiger partial charge in [-0.1, -0.05) is 0 Å². The fraction of sp³-hybridized carbons (Fsp3) is 0.571. The van der Waals surface area contributed by atoms with E-state index < -0.39 is 10.0 Å². The van der Waals surface area contributed by atoms with E-state index in [1.165, 1.54) is 6.07 Å². The number of nitrogen functional groups attached to an aromatic ring is 1. The summed E-state index contributed by atoms with van der Waals surface area (Å²) in [6.07, 6.45) is 2.87. The summed E-state index contributed by atoms with van der Waals surface area (Å²) in [6.45, 7) is 3.59. The van der Waals surface area contributed by atoms with Gasteiger partial charge in [0.05, 0.1) is 4.90 Å². The molecule has 1 aromatic carbocycles. The van der Waals surface area contributed by atoms with Crippen LogP contribution in [0.1, 0.15) is 24.8 Å². The van der Waals surface area contributed by atoms with Crippen molar-refractivity contribution in [2.45, 2.75) is 31.1 Å². The molecule has 0 aromatic heterocycles. The Morgan fingerprint density at radius 1 is 1.43 bits per heavy atom. The van der Waals surface area contributed by atoms with Crippen LogP contribution in [0, 0.1) is 12.8 Å². The minimum atomic E-state index is -3.79. The van der Waals surface area contributed by atoms with Crippen molar-refractivity contribution in [3.05, 3.63) is 17.7 Å². The Morgan fingerprint density at radius 2 is 2.14 bits per heavy atom. The third-order valence-electron chi connectivity index (χ3n) is 4.06. The van der Waals surface area contributed by atoms with Crippen molar-refractivity contribution in [1.82, 2.24) is 0 Å². The van der Waals surface area contributed by atoms with Gasteiger partial charge in [0.2, 0.25) is 10.0 Å². The van der Waals surface area contributed by atoms with Crippen molar-refractivity contribution in [1.29, 1.82) is 0 Å². The summed E-state index contributed by atoms with van der Waals surface area (Å²) >= 11 is 0. The normalized spacial score (nSPS) is 19.8. The predicted octanol–water partition coefficient (Wildman–Crippen LogP) is 0.823. The molecule has 21 heavy (non-hydrogen) atoms. The summed E-state index contributed by atoms with van der Waals surface area (Å²) in [6, 6.07) is 3.20. The molecule has 1 aromatic rings. The predicted molar refractivity (Wildman–Crippen MR) is 83.6 cm³/mol. The molecule has 1 saturated heterocycles. The molecule has 1 aliphatic rings. The molecule has 0 saturated carbocycles. The van der Waals surface area contributed by atoms with Crippen molar-refractivity contribution >= 4 is 21.4 Å². The van der Waals surface area contributed by atoms with Crippen LogP contribution >= 0.6 is 0 Å². The maximum absolute atomic E-state index is 11.7. The zero-order valence-corrected chi connectivity index (χ0v) is 13.1. The number of primary sulfonamides is 1. The zero-order chi connectivity index (χ0) is 15.6. The first-order valence-corrected chi connectivity index (χ1v) is 8.66. The largest absolute Gasteiger partial charge is 0.399 e. The van der Waals surface area contributed by atoms with E-state index in [0.717, 1.165) is 38.0 Å². The number of piperidine rings is 1. The monoisotopic (exact) mass is 313 g/mol. The second-order valence-corrected chi connectivity index (χ2v) is 7.20. The van der Waals surface area contributed by atoms with Crippen LogP contribution in [0.15, 0.2) is 17.0 Å². The van der Waals surface area contributed by atoms with E-state index in [0.29, 0.717) is 17.2 Å². The molecule has 1 aliphatic heterocycles. The maximum Gasteiger partial charge on any atom is 0.238 e. The van der Waals surface area contributed by atoms with Crippen LogP contribution in [0.3, 0.4) is 0 Å². The van der Waals surface area contributed by atoms with Crippen molar-refractivity contribution in [3.63, 3.8) is 0 Å². The van der Waals surface area contributed by atoms with Gasteiger partial charge in [-0.2, -0.15) is 0 Å². The SMILES string of the molecule is Cc1c(N2CCCC(CCO)C2)cc(N)cc1S(N)(=O)=O. The number of rotatable bonds is 4. The number of benzene rings is 1. The average Bonchev–Trinajstić information content (AvgIpc) is 2.40. The summed E-state index contributed by atoms with van der Waals surface area (Å²) in [4.78, 5) is 2.23. The first-order valence-electron chi connectivity index (χ1n) is 7.11. The number of aliphatic hydroxyl groups is 1. The van der Waals surface area contributed by atoms with E-state index in [4.69, 9.17) is 16.0 Å². The topological polar surface area (TPSA) is 110 Å². The van der Waals surface area contributed by atoms with Gasteiger partial charge in [0.1, 0.15) is 0 Å². The molecule has 0 bridgehead atoms. The van der Waals surface area contributed by atoms with Crippen molar-refractivity contribution < 1.29 is 13.5 Å². The zero-order valence-electron chi connectivity index (χ0n) is 12.2. The van der Waals surface area contributed by atoms with Gasteiger partial charge in [0.25, 0.3) is 0 Å². The lowest BCUT2D eigenvalue weighted by Gasteiger charge is -2.35. The number of aliphatic hydroxyl groups excluding tert-OH is 1. The summed E-state index contributed by atoms with van der Waals surface area (Å²) in [5, 5.41) is 14.4. The highest BCUT2D eigenvalue weighted by Crippen LogP contribution is 2.32. The summed E-state index contributed by atoms with van der Waals surface area (Å²) in [7, 11) is -3.79. The second kappa shape index (κ2) is 6.21. The molecule has 1 atom stereocenters. The smallest absolute Gasteiger partial charge is 0.238 e. The number of hydrogen-bond donors (Lipinski definition) is 3. The van der Waals surface area contributed by atoms with Crippen LogP contribution < -0.4 is 15.8 Å². The summed E-state index contributed by atoms with van der Waals surface area (Å²) in [5.41, 5.74) is 7.69. The van der Waals surface area contributed by atoms with E-state index in [1.807, 2.05) is 0 Å². The molecule has 1 unspecified atom stereocenters. The van der Waals surface area contributed by atoms with E-state index in [2.05, 4.69) is 4.90 Å². The van der Waals surface area contributed by atoms with Gasteiger partial charge in [-0.3, -0.25) is 0 Å². The molecule has 1 heterocycles. The Labute approximate surface area is 125 Å². The van der Waals surface area contributed by atoms with Crippen LogP contribution in [0.25, 0.3) is 0 Å². The number of sulfonamides is 1. The van der Waals surface area contributed by atoms with Crippen LogP contribution in [0.5, 0.6) is 0 Å². The molecular weight excluding hydrogens is 290 g/mol. The molecule has 7 heteroatoms. The number of anilines is 2. The van der Waals surface area contributed by atoms with Gasteiger partial charge in [-0.05, 0) is 49.8 Å². The van der Waals surface area contributed by atoms with Gasteiger partial charge < -0.3 is 15.7 Å². The average molecular weight is 313 g/mol. The summed E-state index contributed by atoms with van der Waals surface area (Å²) in [5.74, 6) is 0.419. The van der Waals surface area contributed by atoms with Crippen LogP contribution in [-0.2, 0) is 10.0 Å². The minimum Gasteiger partial charge on any atom is -0.399 e. The van der Waals surface area contributed by atoms with Gasteiger partial charge in [-0.15, -0.1) is 0 Å². The molecule has 0 aliphatic carbocycles. The molecule has 1 fully saturated rings. The molecule has 0 radical (unpaired) electrons. The van der Waals surface area contributed by atoms with Crippen LogP contribution in [0.4, 0.5) is 11.4 Å². The van der Waals surface area contributed by atoms with Gasteiger partial charge in [0.15, 0.2) is 0 Å².